The summed E-state index contributed by atoms with van der Waals surface area (Å²) >= 11 is 0. The van der Waals surface area contributed by atoms with Gasteiger partial charge in [-0.2, -0.15) is 0 Å². The van der Waals surface area contributed by atoms with Crippen molar-refractivity contribution in [2.24, 2.45) is 0 Å². The molecule has 1 aliphatic heterocycles. The molecule has 0 radical (unpaired) electrons. The molecule has 0 spiro atoms. The van der Waals surface area contributed by atoms with E-state index >= 15 is 0 Å². The van der Waals surface area contributed by atoms with Crippen LogP contribution in [-0.2, 0) is 13.0 Å². The van der Waals surface area contributed by atoms with Crippen molar-refractivity contribution in [2.75, 3.05) is 18.4 Å². The number of anilines is 1. The van der Waals surface area contributed by atoms with E-state index in [9.17, 15) is 4.79 Å². The number of rotatable bonds is 5. The van der Waals surface area contributed by atoms with E-state index in [1.165, 1.54) is 23.5 Å². The topological polar surface area (TPSA) is 78.3 Å². The van der Waals surface area contributed by atoms with Gasteiger partial charge in [0.1, 0.15) is 5.82 Å². The molecular formula is C17H20N4O2. The summed E-state index contributed by atoms with van der Waals surface area (Å²) < 4.78 is 0. The molecule has 1 atom stereocenters. The second kappa shape index (κ2) is 6.75. The second-order valence-corrected chi connectivity index (χ2v) is 5.81. The molecule has 0 fully saturated rings. The zero-order chi connectivity index (χ0) is 16.2. The van der Waals surface area contributed by atoms with Gasteiger partial charge in [0.05, 0.1) is 12.4 Å². The van der Waals surface area contributed by atoms with Gasteiger partial charge in [-0.15, -0.1) is 0 Å². The Bertz CT molecular complexity index is 687. The van der Waals surface area contributed by atoms with Crippen molar-refractivity contribution in [3.05, 3.63) is 53.5 Å². The molecule has 2 aromatic rings. The van der Waals surface area contributed by atoms with Crippen LogP contribution in [0.15, 0.2) is 36.7 Å². The van der Waals surface area contributed by atoms with Crippen LogP contribution in [0, 0.1) is 0 Å². The molecule has 23 heavy (non-hydrogen) atoms. The van der Waals surface area contributed by atoms with Crippen molar-refractivity contribution >= 4 is 11.8 Å². The number of hydrogen-bond donors (Lipinski definition) is 2. The Morgan fingerprint density at radius 3 is 2.78 bits per heavy atom. The fourth-order valence-corrected chi connectivity index (χ4v) is 2.80. The summed E-state index contributed by atoms with van der Waals surface area (Å²) in [5.41, 5.74) is 2.80. The molecule has 1 aromatic carbocycles. The number of nitrogens with zero attached hydrogens (tertiary/aromatic N) is 3. The number of aromatic carboxylic acids is 1. The SMILES string of the molecule is CC(CNc1cnc(C(=O)O)cn1)N1CCc2ccccc2C1. The molecule has 0 bridgehead atoms. The summed E-state index contributed by atoms with van der Waals surface area (Å²) in [7, 11) is 0. The predicted molar refractivity (Wildman–Crippen MR) is 87.5 cm³/mol. The van der Waals surface area contributed by atoms with Crippen molar-refractivity contribution in [1.29, 1.82) is 0 Å². The van der Waals surface area contributed by atoms with Crippen molar-refractivity contribution in [3.8, 4) is 0 Å². The van der Waals surface area contributed by atoms with Gasteiger partial charge in [-0.1, -0.05) is 24.3 Å². The van der Waals surface area contributed by atoms with Crippen LogP contribution in [0.1, 0.15) is 28.5 Å². The first-order valence-electron chi connectivity index (χ1n) is 7.73. The molecule has 1 unspecified atom stereocenters. The van der Waals surface area contributed by atoms with Gasteiger partial charge >= 0.3 is 5.97 Å². The van der Waals surface area contributed by atoms with Crippen LogP contribution < -0.4 is 5.32 Å². The highest BCUT2D eigenvalue weighted by Gasteiger charge is 2.20. The molecule has 1 aromatic heterocycles. The predicted octanol–water partition coefficient (Wildman–Crippen LogP) is 2.03. The summed E-state index contributed by atoms with van der Waals surface area (Å²) in [4.78, 5) is 21.1. The minimum absolute atomic E-state index is 0.0452. The normalized spacial score (nSPS) is 15.7. The third kappa shape index (κ3) is 3.65. The smallest absolute Gasteiger partial charge is 0.356 e. The number of carboxylic acids is 1. The van der Waals surface area contributed by atoms with Gasteiger partial charge in [-0.3, -0.25) is 4.90 Å². The van der Waals surface area contributed by atoms with Gasteiger partial charge < -0.3 is 10.4 Å². The Balaban J connectivity index is 1.55. The van der Waals surface area contributed by atoms with Gasteiger partial charge in [0.2, 0.25) is 0 Å². The van der Waals surface area contributed by atoms with Crippen LogP contribution in [0.4, 0.5) is 5.82 Å². The Kier molecular flexibility index (Phi) is 4.52. The van der Waals surface area contributed by atoms with E-state index in [1.54, 1.807) is 0 Å². The molecule has 120 valence electrons. The lowest BCUT2D eigenvalue weighted by molar-refractivity contribution is 0.0690. The molecule has 0 aliphatic carbocycles. The maximum atomic E-state index is 10.8. The fraction of sp³-hybridized carbons (Fsp3) is 0.353. The largest absolute Gasteiger partial charge is 0.476 e. The maximum absolute atomic E-state index is 10.8. The van der Waals surface area contributed by atoms with E-state index in [1.807, 2.05) is 0 Å². The number of carbonyl (C=O) groups is 1. The minimum atomic E-state index is -1.07. The molecular weight excluding hydrogens is 292 g/mol. The quantitative estimate of drug-likeness (QED) is 0.879. The van der Waals surface area contributed by atoms with Gasteiger partial charge in [-0.05, 0) is 24.5 Å². The highest BCUT2D eigenvalue weighted by Crippen LogP contribution is 2.20. The van der Waals surface area contributed by atoms with Crippen LogP contribution in [-0.4, -0.2) is 45.1 Å². The highest BCUT2D eigenvalue weighted by atomic mass is 16.4. The van der Waals surface area contributed by atoms with Crippen molar-refractivity contribution in [1.82, 2.24) is 14.9 Å². The summed E-state index contributed by atoms with van der Waals surface area (Å²) in [5, 5.41) is 12.0. The van der Waals surface area contributed by atoms with Crippen molar-refractivity contribution < 1.29 is 9.90 Å². The van der Waals surface area contributed by atoms with Crippen LogP contribution in [0.3, 0.4) is 0 Å². The lowest BCUT2D eigenvalue weighted by Crippen LogP contribution is -2.41. The van der Waals surface area contributed by atoms with Crippen LogP contribution in [0.25, 0.3) is 0 Å². The molecule has 0 amide bonds. The molecule has 3 rings (SSSR count). The molecule has 6 heteroatoms. The number of hydrogen-bond acceptors (Lipinski definition) is 5. The lowest BCUT2D eigenvalue weighted by atomic mass is 9.99. The second-order valence-electron chi connectivity index (χ2n) is 5.81. The van der Waals surface area contributed by atoms with E-state index in [0.29, 0.717) is 11.9 Å². The van der Waals surface area contributed by atoms with Crippen LogP contribution >= 0.6 is 0 Å². The minimum Gasteiger partial charge on any atom is -0.476 e. The average molecular weight is 312 g/mol. The summed E-state index contributed by atoms with van der Waals surface area (Å²) in [5.74, 6) is -0.469. The number of fused-ring (bicyclic) bond motifs is 1. The van der Waals surface area contributed by atoms with Gasteiger partial charge in [0, 0.05) is 25.7 Å². The van der Waals surface area contributed by atoms with Crippen molar-refractivity contribution in [3.63, 3.8) is 0 Å². The summed E-state index contributed by atoms with van der Waals surface area (Å²) in [6.07, 6.45) is 3.81. The maximum Gasteiger partial charge on any atom is 0.356 e. The molecule has 2 N–H and O–H groups in total. The Labute approximate surface area is 135 Å². The fourth-order valence-electron chi connectivity index (χ4n) is 2.80. The Hall–Kier alpha value is -2.47. The first-order chi connectivity index (χ1) is 11.1. The zero-order valence-corrected chi connectivity index (χ0v) is 13.1. The summed E-state index contributed by atoms with van der Waals surface area (Å²) in [6.45, 7) is 4.93. The molecule has 1 aliphatic rings. The molecule has 0 saturated carbocycles. The highest BCUT2D eigenvalue weighted by molar-refractivity contribution is 5.84. The number of nitrogens with one attached hydrogen (secondary N) is 1. The van der Waals surface area contributed by atoms with Crippen LogP contribution in [0.2, 0.25) is 0 Å². The standard InChI is InChI=1S/C17H20N4O2/c1-12(8-19-16-10-18-15(9-20-16)17(22)23)21-7-6-13-4-2-3-5-14(13)11-21/h2-5,9-10,12H,6-8,11H2,1H3,(H,19,20)(H,22,23). The van der Waals surface area contributed by atoms with E-state index < -0.39 is 5.97 Å². The monoisotopic (exact) mass is 312 g/mol. The first-order valence-corrected chi connectivity index (χ1v) is 7.73. The van der Waals surface area contributed by atoms with Gasteiger partial charge in [0.15, 0.2) is 5.69 Å². The van der Waals surface area contributed by atoms with Crippen molar-refractivity contribution in [2.45, 2.75) is 25.9 Å². The van der Waals surface area contributed by atoms with E-state index in [-0.39, 0.29) is 5.69 Å². The average Bonchev–Trinajstić information content (AvgIpc) is 2.59. The van der Waals surface area contributed by atoms with E-state index in [4.69, 9.17) is 5.11 Å². The van der Waals surface area contributed by atoms with E-state index in [0.717, 1.165) is 26.1 Å². The number of aromatic nitrogens is 2. The Morgan fingerprint density at radius 2 is 2.09 bits per heavy atom. The van der Waals surface area contributed by atoms with Crippen LogP contribution in [0.5, 0.6) is 0 Å². The lowest BCUT2D eigenvalue weighted by Gasteiger charge is -2.33. The molecule has 6 nitrogen and oxygen atoms in total. The number of carboxylic acid groups (broad SMARTS) is 1. The molecule has 0 saturated heterocycles. The van der Waals surface area contributed by atoms with Gasteiger partial charge in [0.25, 0.3) is 0 Å². The Morgan fingerprint density at radius 1 is 1.30 bits per heavy atom. The van der Waals surface area contributed by atoms with E-state index in [2.05, 4.69) is 51.4 Å². The zero-order valence-electron chi connectivity index (χ0n) is 13.1. The first kappa shape index (κ1) is 15.4. The molecule has 2 heterocycles. The number of benzene rings is 1. The third-order valence-corrected chi connectivity index (χ3v) is 4.23. The third-order valence-electron chi connectivity index (χ3n) is 4.23. The summed E-state index contributed by atoms with van der Waals surface area (Å²) in [6, 6.07) is 8.93. The van der Waals surface area contributed by atoms with Gasteiger partial charge in [-0.25, -0.2) is 14.8 Å².